The summed E-state index contributed by atoms with van der Waals surface area (Å²) in [5, 5.41) is 9.15. The highest BCUT2D eigenvalue weighted by Gasteiger charge is 2.05. The molecule has 1 rings (SSSR count). The first-order valence-corrected chi connectivity index (χ1v) is 5.87. The zero-order chi connectivity index (χ0) is 12.5. The van der Waals surface area contributed by atoms with E-state index in [4.69, 9.17) is 14.6 Å². The molecule has 0 aliphatic carbocycles. The van der Waals surface area contributed by atoms with E-state index in [1.54, 1.807) is 18.2 Å². The Hall–Kier alpha value is -1.29. The maximum Gasteiger partial charge on any atom is 0.128 e. The molecular weight excluding hydrogens is 223 g/mol. The largest absolute Gasteiger partial charge is 0.493 e. The van der Waals surface area contributed by atoms with Gasteiger partial charge in [0.25, 0.3) is 0 Å². The number of benzene rings is 1. The summed E-state index contributed by atoms with van der Waals surface area (Å²) in [4.78, 5) is 0. The summed E-state index contributed by atoms with van der Waals surface area (Å²) in [5.41, 5.74) is 0.688. The Balaban J connectivity index is 2.68. The molecule has 0 fully saturated rings. The van der Waals surface area contributed by atoms with Crippen molar-refractivity contribution in [3.63, 3.8) is 0 Å². The van der Waals surface area contributed by atoms with Crippen molar-refractivity contribution in [2.75, 3.05) is 19.9 Å². The van der Waals surface area contributed by atoms with E-state index in [0.29, 0.717) is 36.7 Å². The van der Waals surface area contributed by atoms with Crippen LogP contribution in [0, 0.1) is 0 Å². The molecule has 96 valence electrons. The number of hydrogen-bond donors (Lipinski definition) is 1. The normalized spacial score (nSPS) is 10.3. The van der Waals surface area contributed by atoms with E-state index in [1.807, 2.05) is 6.92 Å². The third-order valence-electron chi connectivity index (χ3n) is 2.22. The van der Waals surface area contributed by atoms with Crippen LogP contribution in [0.4, 0.5) is 4.39 Å². The lowest BCUT2D eigenvalue weighted by Gasteiger charge is -2.12. The van der Waals surface area contributed by atoms with Crippen LogP contribution in [0.2, 0.25) is 0 Å². The van der Waals surface area contributed by atoms with Crippen molar-refractivity contribution in [3.05, 3.63) is 23.8 Å². The van der Waals surface area contributed by atoms with Gasteiger partial charge in [-0.1, -0.05) is 6.92 Å². The number of aliphatic hydroxyl groups is 1. The van der Waals surface area contributed by atoms with Gasteiger partial charge in [0.15, 0.2) is 0 Å². The van der Waals surface area contributed by atoms with Crippen molar-refractivity contribution in [2.45, 2.75) is 26.4 Å². The Morgan fingerprint density at radius 2 is 2.06 bits per heavy atom. The van der Waals surface area contributed by atoms with Crippen LogP contribution in [-0.2, 0) is 6.61 Å². The SMILES string of the molecule is CCCOc1ccc(CO)c(OCCCF)c1. The first-order valence-electron chi connectivity index (χ1n) is 5.87. The minimum Gasteiger partial charge on any atom is -0.493 e. The van der Waals surface area contributed by atoms with Gasteiger partial charge in [-0.3, -0.25) is 4.39 Å². The van der Waals surface area contributed by atoms with Gasteiger partial charge in [-0.25, -0.2) is 0 Å². The average Bonchev–Trinajstić information content (AvgIpc) is 2.37. The number of aliphatic hydroxyl groups excluding tert-OH is 1. The summed E-state index contributed by atoms with van der Waals surface area (Å²) in [5.74, 6) is 1.27. The average molecular weight is 242 g/mol. The van der Waals surface area contributed by atoms with Gasteiger partial charge >= 0.3 is 0 Å². The predicted molar refractivity (Wildman–Crippen MR) is 64.2 cm³/mol. The molecule has 0 aromatic heterocycles. The molecule has 0 heterocycles. The van der Waals surface area contributed by atoms with Crippen LogP contribution in [0.5, 0.6) is 11.5 Å². The molecule has 0 aliphatic rings. The fourth-order valence-electron chi connectivity index (χ4n) is 1.35. The molecule has 0 radical (unpaired) electrons. The van der Waals surface area contributed by atoms with E-state index in [2.05, 4.69) is 0 Å². The first kappa shape index (κ1) is 13.8. The summed E-state index contributed by atoms with van der Waals surface area (Å²) in [7, 11) is 0. The molecule has 0 amide bonds. The minimum absolute atomic E-state index is 0.0982. The predicted octanol–water partition coefficient (Wildman–Crippen LogP) is 2.71. The van der Waals surface area contributed by atoms with Gasteiger partial charge in [-0.2, -0.15) is 0 Å². The zero-order valence-corrected chi connectivity index (χ0v) is 10.1. The lowest BCUT2D eigenvalue weighted by molar-refractivity contribution is 0.253. The highest BCUT2D eigenvalue weighted by atomic mass is 19.1. The number of rotatable bonds is 8. The maximum absolute atomic E-state index is 12.0. The van der Waals surface area contributed by atoms with Gasteiger partial charge in [-0.15, -0.1) is 0 Å². The van der Waals surface area contributed by atoms with Crippen molar-refractivity contribution in [1.29, 1.82) is 0 Å². The standard InChI is InChI=1S/C13H19FO3/c1-2-7-16-12-5-4-11(10-15)13(9-12)17-8-3-6-14/h4-5,9,15H,2-3,6-8,10H2,1H3. The van der Waals surface area contributed by atoms with E-state index in [0.717, 1.165) is 6.42 Å². The third kappa shape index (κ3) is 4.61. The van der Waals surface area contributed by atoms with Crippen molar-refractivity contribution in [3.8, 4) is 11.5 Å². The van der Waals surface area contributed by atoms with Gasteiger partial charge in [0.05, 0.1) is 26.5 Å². The second-order valence-corrected chi connectivity index (χ2v) is 3.67. The lowest BCUT2D eigenvalue weighted by Crippen LogP contribution is -2.02. The highest BCUT2D eigenvalue weighted by Crippen LogP contribution is 2.25. The second kappa shape index (κ2) is 7.90. The first-order chi connectivity index (χ1) is 8.31. The molecule has 1 aromatic rings. The van der Waals surface area contributed by atoms with Gasteiger partial charge in [-0.05, 0) is 18.6 Å². The van der Waals surface area contributed by atoms with E-state index in [-0.39, 0.29) is 6.61 Å². The molecule has 0 aliphatic heterocycles. The Morgan fingerprint density at radius 1 is 1.24 bits per heavy atom. The van der Waals surface area contributed by atoms with Crippen molar-refractivity contribution in [1.82, 2.24) is 0 Å². The molecule has 0 bridgehead atoms. The van der Waals surface area contributed by atoms with E-state index < -0.39 is 6.67 Å². The van der Waals surface area contributed by atoms with E-state index in [1.165, 1.54) is 0 Å². The summed E-state index contributed by atoms with van der Waals surface area (Å²) in [6.07, 6.45) is 1.28. The van der Waals surface area contributed by atoms with Crippen LogP contribution in [0.25, 0.3) is 0 Å². The number of halogens is 1. The minimum atomic E-state index is -0.402. The maximum atomic E-state index is 12.0. The fourth-order valence-corrected chi connectivity index (χ4v) is 1.35. The molecule has 1 N–H and O–H groups in total. The van der Waals surface area contributed by atoms with Crippen LogP contribution in [-0.4, -0.2) is 25.0 Å². The molecular formula is C13H19FO3. The number of ether oxygens (including phenoxy) is 2. The summed E-state index contributed by atoms with van der Waals surface area (Å²) in [6.45, 7) is 2.48. The van der Waals surface area contributed by atoms with Crippen LogP contribution in [0.1, 0.15) is 25.3 Å². The Kier molecular flexibility index (Phi) is 6.40. The third-order valence-corrected chi connectivity index (χ3v) is 2.22. The van der Waals surface area contributed by atoms with Gasteiger partial charge in [0, 0.05) is 18.1 Å². The molecule has 0 unspecified atom stereocenters. The Morgan fingerprint density at radius 3 is 2.71 bits per heavy atom. The summed E-state index contributed by atoms with van der Waals surface area (Å²) < 4.78 is 22.8. The van der Waals surface area contributed by atoms with Crippen LogP contribution >= 0.6 is 0 Å². The molecule has 17 heavy (non-hydrogen) atoms. The fraction of sp³-hybridized carbons (Fsp3) is 0.538. The van der Waals surface area contributed by atoms with E-state index in [9.17, 15) is 4.39 Å². The topological polar surface area (TPSA) is 38.7 Å². The quantitative estimate of drug-likeness (QED) is 0.712. The molecule has 0 saturated carbocycles. The zero-order valence-electron chi connectivity index (χ0n) is 10.1. The lowest BCUT2D eigenvalue weighted by atomic mass is 10.2. The van der Waals surface area contributed by atoms with E-state index >= 15 is 0 Å². The second-order valence-electron chi connectivity index (χ2n) is 3.67. The van der Waals surface area contributed by atoms with Crippen LogP contribution < -0.4 is 9.47 Å². The van der Waals surface area contributed by atoms with Gasteiger partial charge < -0.3 is 14.6 Å². The molecule has 0 spiro atoms. The number of hydrogen-bond acceptors (Lipinski definition) is 3. The van der Waals surface area contributed by atoms with Gasteiger partial charge in [0.2, 0.25) is 0 Å². The molecule has 0 atom stereocenters. The Bertz CT molecular complexity index is 328. The molecule has 4 heteroatoms. The van der Waals surface area contributed by atoms with Gasteiger partial charge in [0.1, 0.15) is 11.5 Å². The Labute approximate surface area is 101 Å². The summed E-state index contributed by atoms with van der Waals surface area (Å²) in [6, 6.07) is 5.29. The highest BCUT2D eigenvalue weighted by molar-refractivity contribution is 5.40. The molecule has 1 aromatic carbocycles. The smallest absolute Gasteiger partial charge is 0.128 e. The van der Waals surface area contributed by atoms with Crippen molar-refractivity contribution < 1.29 is 19.0 Å². The summed E-state index contributed by atoms with van der Waals surface area (Å²) >= 11 is 0. The van der Waals surface area contributed by atoms with Crippen molar-refractivity contribution in [2.24, 2.45) is 0 Å². The molecule has 3 nitrogen and oxygen atoms in total. The van der Waals surface area contributed by atoms with Crippen LogP contribution in [0.3, 0.4) is 0 Å². The van der Waals surface area contributed by atoms with Crippen LogP contribution in [0.15, 0.2) is 18.2 Å². The number of alkyl halides is 1. The monoisotopic (exact) mass is 242 g/mol. The van der Waals surface area contributed by atoms with Crippen molar-refractivity contribution >= 4 is 0 Å². The molecule has 0 saturated heterocycles.